The lowest BCUT2D eigenvalue weighted by molar-refractivity contribution is -0.128. The molecule has 0 bridgehead atoms. The van der Waals surface area contributed by atoms with Crippen LogP contribution in [0.4, 0.5) is 0 Å². The number of amides is 1. The highest BCUT2D eigenvalue weighted by molar-refractivity contribution is 6.32. The van der Waals surface area contributed by atoms with Crippen molar-refractivity contribution >= 4 is 17.5 Å². The predicted octanol–water partition coefficient (Wildman–Crippen LogP) is 2.97. The molecule has 4 nitrogen and oxygen atoms in total. The van der Waals surface area contributed by atoms with E-state index in [2.05, 4.69) is 4.90 Å². The minimum absolute atomic E-state index is 0.232. The Labute approximate surface area is 136 Å². The van der Waals surface area contributed by atoms with Gasteiger partial charge in [0.15, 0.2) is 6.10 Å². The van der Waals surface area contributed by atoms with Crippen molar-refractivity contribution in [3.63, 3.8) is 0 Å². The quantitative estimate of drug-likeness (QED) is 0.876. The Hall–Kier alpha value is -1.26. The van der Waals surface area contributed by atoms with E-state index in [1.54, 1.807) is 0 Å². The number of hydrogen-bond donors (Lipinski definition) is 1. The Bertz CT molecular complexity index is 539. The molecule has 1 saturated heterocycles. The Morgan fingerprint density at radius 1 is 1.32 bits per heavy atom. The van der Waals surface area contributed by atoms with Crippen LogP contribution in [0.25, 0.3) is 0 Å². The maximum Gasteiger partial charge on any atom is 0.258 e. The molecule has 1 amide bonds. The number of primary amides is 1. The van der Waals surface area contributed by atoms with Gasteiger partial charge < -0.3 is 10.5 Å². The molecule has 2 N–H and O–H groups in total. The van der Waals surface area contributed by atoms with E-state index < -0.39 is 12.0 Å². The van der Waals surface area contributed by atoms with Gasteiger partial charge in [0.1, 0.15) is 5.75 Å². The lowest BCUT2D eigenvalue weighted by Crippen LogP contribution is -2.42. The summed E-state index contributed by atoms with van der Waals surface area (Å²) in [5.74, 6) is 0.413. The summed E-state index contributed by atoms with van der Waals surface area (Å²) in [4.78, 5) is 14.1. The zero-order chi connectivity index (χ0) is 15.5. The lowest BCUT2D eigenvalue weighted by Gasteiger charge is -2.32. The number of benzene rings is 1. The first-order chi connectivity index (χ1) is 10.6. The molecular weight excluding hydrogens is 300 g/mol. The number of carbonyl (C=O) groups is 1. The van der Waals surface area contributed by atoms with Crippen LogP contribution >= 0.6 is 11.6 Å². The van der Waals surface area contributed by atoms with E-state index in [0.717, 1.165) is 44.5 Å². The minimum Gasteiger partial charge on any atom is -0.479 e. The summed E-state index contributed by atoms with van der Waals surface area (Å²) in [6.07, 6.45) is 5.07. The van der Waals surface area contributed by atoms with Crippen LogP contribution in [0.15, 0.2) is 18.2 Å². The molecule has 1 unspecified atom stereocenters. The average molecular weight is 323 g/mol. The number of nitrogens with two attached hydrogens (primary N) is 1. The van der Waals surface area contributed by atoms with Crippen LogP contribution in [0.1, 0.15) is 37.7 Å². The summed E-state index contributed by atoms with van der Waals surface area (Å²) < 4.78 is 5.89. The number of hydrogen-bond acceptors (Lipinski definition) is 3. The van der Waals surface area contributed by atoms with Crippen LogP contribution in [0.2, 0.25) is 5.02 Å². The van der Waals surface area contributed by atoms with Crippen molar-refractivity contribution in [2.75, 3.05) is 13.1 Å². The molecule has 1 aliphatic carbocycles. The van der Waals surface area contributed by atoms with E-state index in [1.165, 1.54) is 12.8 Å². The van der Waals surface area contributed by atoms with Crippen LogP contribution in [0, 0.1) is 5.92 Å². The van der Waals surface area contributed by atoms with Crippen molar-refractivity contribution in [1.29, 1.82) is 0 Å². The van der Waals surface area contributed by atoms with Gasteiger partial charge >= 0.3 is 0 Å². The summed E-state index contributed by atoms with van der Waals surface area (Å²) >= 11 is 6.50. The molecular formula is C17H23ClN2O2. The van der Waals surface area contributed by atoms with E-state index in [9.17, 15) is 4.79 Å². The molecule has 5 heteroatoms. The van der Waals surface area contributed by atoms with Crippen LogP contribution in [0.3, 0.4) is 0 Å². The van der Waals surface area contributed by atoms with Gasteiger partial charge in [-0.1, -0.05) is 30.2 Å². The largest absolute Gasteiger partial charge is 0.479 e. The van der Waals surface area contributed by atoms with Crippen molar-refractivity contribution in [2.24, 2.45) is 11.7 Å². The number of halogens is 1. The highest BCUT2D eigenvalue weighted by Crippen LogP contribution is 2.35. The van der Waals surface area contributed by atoms with Gasteiger partial charge in [-0.3, -0.25) is 9.69 Å². The van der Waals surface area contributed by atoms with Crippen molar-refractivity contribution in [3.05, 3.63) is 28.8 Å². The summed E-state index contributed by atoms with van der Waals surface area (Å²) in [7, 11) is 0. The molecule has 1 saturated carbocycles. The third-order valence-corrected chi connectivity index (χ3v) is 5.18. The van der Waals surface area contributed by atoms with E-state index >= 15 is 0 Å². The zero-order valence-corrected chi connectivity index (χ0v) is 13.5. The Kier molecular flexibility index (Phi) is 4.89. The molecule has 22 heavy (non-hydrogen) atoms. The maximum absolute atomic E-state index is 11.7. The van der Waals surface area contributed by atoms with Crippen molar-refractivity contribution in [2.45, 2.75) is 44.8 Å². The van der Waals surface area contributed by atoms with Gasteiger partial charge in [0.25, 0.3) is 5.91 Å². The summed E-state index contributed by atoms with van der Waals surface area (Å²) in [5, 5.41) is 0.611. The van der Waals surface area contributed by atoms with Crippen LogP contribution in [0.5, 0.6) is 5.75 Å². The third-order valence-electron chi connectivity index (χ3n) is 4.75. The zero-order valence-electron chi connectivity index (χ0n) is 12.8. The molecule has 3 rings (SSSR count). The van der Waals surface area contributed by atoms with Crippen LogP contribution in [-0.4, -0.2) is 30.0 Å². The van der Waals surface area contributed by atoms with Crippen LogP contribution in [-0.2, 0) is 11.3 Å². The highest BCUT2D eigenvalue weighted by atomic mass is 35.5. The average Bonchev–Trinajstić information content (AvgIpc) is 2.93. The molecule has 120 valence electrons. The molecule has 1 atom stereocenters. The fourth-order valence-corrected chi connectivity index (χ4v) is 3.45. The van der Waals surface area contributed by atoms with Gasteiger partial charge in [-0.25, -0.2) is 0 Å². The molecule has 2 aliphatic rings. The normalized spacial score (nSPS) is 20.6. The monoisotopic (exact) mass is 322 g/mol. The van der Waals surface area contributed by atoms with Crippen molar-refractivity contribution < 1.29 is 9.53 Å². The van der Waals surface area contributed by atoms with Gasteiger partial charge in [-0.05, 0) is 50.4 Å². The number of nitrogens with zero attached hydrogens (tertiary/aromatic N) is 1. The Balaban J connectivity index is 1.73. The molecule has 0 spiro atoms. The van der Waals surface area contributed by atoms with Gasteiger partial charge in [-0.2, -0.15) is 0 Å². The van der Waals surface area contributed by atoms with E-state index in [4.69, 9.17) is 22.1 Å². The van der Waals surface area contributed by atoms with E-state index in [-0.39, 0.29) is 5.92 Å². The van der Waals surface area contributed by atoms with Gasteiger partial charge in [0.2, 0.25) is 0 Å². The minimum atomic E-state index is -0.562. The SMILES string of the molecule is NC(=O)C(Oc1cccc(CN2CCCC2)c1Cl)C1CCC1. The Morgan fingerprint density at radius 3 is 2.64 bits per heavy atom. The smallest absolute Gasteiger partial charge is 0.258 e. The maximum atomic E-state index is 11.7. The first-order valence-electron chi connectivity index (χ1n) is 8.11. The summed E-state index contributed by atoms with van der Waals surface area (Å²) in [5.41, 5.74) is 6.55. The predicted molar refractivity (Wildman–Crippen MR) is 86.9 cm³/mol. The standard InChI is InChI=1S/C17H23ClN2O2/c18-15-13(11-20-9-1-2-10-20)7-4-8-14(15)22-16(17(19)21)12-5-3-6-12/h4,7-8,12,16H,1-3,5-6,9-11H2,(H2,19,21). The third kappa shape index (κ3) is 3.39. The topological polar surface area (TPSA) is 55.6 Å². The molecule has 0 radical (unpaired) electrons. The second kappa shape index (κ2) is 6.88. The van der Waals surface area contributed by atoms with Crippen LogP contribution < -0.4 is 10.5 Å². The fourth-order valence-electron chi connectivity index (χ4n) is 3.22. The molecule has 1 aliphatic heterocycles. The second-order valence-electron chi connectivity index (χ2n) is 6.34. The van der Waals surface area contributed by atoms with E-state index in [1.807, 2.05) is 18.2 Å². The number of rotatable bonds is 6. The Morgan fingerprint density at radius 2 is 2.05 bits per heavy atom. The molecule has 1 aromatic rings. The molecule has 1 aromatic carbocycles. The van der Waals surface area contributed by atoms with Gasteiger partial charge in [0, 0.05) is 12.5 Å². The first kappa shape index (κ1) is 15.6. The molecule has 1 heterocycles. The van der Waals surface area contributed by atoms with Gasteiger partial charge in [-0.15, -0.1) is 0 Å². The first-order valence-corrected chi connectivity index (χ1v) is 8.48. The van der Waals surface area contributed by atoms with Crippen molar-refractivity contribution in [1.82, 2.24) is 4.90 Å². The second-order valence-corrected chi connectivity index (χ2v) is 6.72. The van der Waals surface area contributed by atoms with E-state index in [0.29, 0.717) is 10.8 Å². The highest BCUT2D eigenvalue weighted by Gasteiger charge is 2.33. The number of ether oxygens (including phenoxy) is 1. The fraction of sp³-hybridized carbons (Fsp3) is 0.588. The molecule has 2 fully saturated rings. The van der Waals surface area contributed by atoms with Gasteiger partial charge in [0.05, 0.1) is 5.02 Å². The molecule has 0 aromatic heterocycles. The lowest BCUT2D eigenvalue weighted by atomic mass is 9.81. The number of likely N-dealkylation sites (tertiary alicyclic amines) is 1. The summed E-state index contributed by atoms with van der Waals surface area (Å²) in [6.45, 7) is 3.07. The van der Waals surface area contributed by atoms with Crippen molar-refractivity contribution in [3.8, 4) is 5.75 Å². The summed E-state index contributed by atoms with van der Waals surface area (Å²) in [6, 6.07) is 5.78. The number of carbonyl (C=O) groups excluding carboxylic acids is 1.